The van der Waals surface area contributed by atoms with Gasteiger partial charge in [0.2, 0.25) is 5.96 Å². The summed E-state index contributed by atoms with van der Waals surface area (Å²) in [4.78, 5) is 15.4. The molecule has 1 unspecified atom stereocenters. The van der Waals surface area contributed by atoms with E-state index in [-0.39, 0.29) is 0 Å². The van der Waals surface area contributed by atoms with Crippen LogP contribution >= 0.6 is 0 Å². The average molecular weight is 380 g/mol. The standard InChI is InChI=1S/C16H25N5O3.C2H7N/c1-4-16(19-15(22)23)18-14(21(3)20-16)17-9-6-10-24-13-8-5-7-12(2)11-13;1-3-2/h5,7-8,11,19-20H,4,6,9-10H2,1-3H3,(H,17,18)(H,22,23);3H,1-2H3. The van der Waals surface area contributed by atoms with E-state index in [4.69, 9.17) is 9.84 Å². The van der Waals surface area contributed by atoms with E-state index in [9.17, 15) is 4.79 Å². The average Bonchev–Trinajstić information content (AvgIpc) is 2.91. The maximum atomic E-state index is 10.9. The minimum absolute atomic E-state index is 0.527. The molecule has 1 aromatic carbocycles. The minimum Gasteiger partial charge on any atom is -0.494 e. The molecule has 0 spiro atoms. The molecule has 9 heteroatoms. The molecule has 1 aliphatic rings. The second-order valence-corrected chi connectivity index (χ2v) is 6.21. The van der Waals surface area contributed by atoms with Crippen LogP contribution in [0.15, 0.2) is 29.3 Å². The lowest BCUT2D eigenvalue weighted by Gasteiger charge is -2.27. The predicted octanol–water partition coefficient (Wildman–Crippen LogP) is 1.33. The first-order chi connectivity index (χ1) is 12.9. The molecule has 1 heterocycles. The van der Waals surface area contributed by atoms with Crippen molar-refractivity contribution < 1.29 is 14.6 Å². The molecule has 0 aromatic heterocycles. The Hall–Kier alpha value is -2.52. The smallest absolute Gasteiger partial charge is 0.407 e. The molecule has 1 aliphatic heterocycles. The molecule has 1 saturated heterocycles. The topological polar surface area (TPSA) is 110 Å². The first kappa shape index (κ1) is 22.5. The van der Waals surface area contributed by atoms with E-state index in [0.717, 1.165) is 17.7 Å². The van der Waals surface area contributed by atoms with E-state index >= 15 is 0 Å². The van der Waals surface area contributed by atoms with Crippen molar-refractivity contribution in [3.05, 3.63) is 29.8 Å². The third kappa shape index (κ3) is 7.71. The highest BCUT2D eigenvalue weighted by Gasteiger charge is 2.39. The Bertz CT molecular complexity index is 625. The molecule has 1 atom stereocenters. The highest BCUT2D eigenvalue weighted by atomic mass is 16.5. The zero-order chi connectivity index (χ0) is 20.3. The molecular formula is C18H32N6O3. The third-order valence-corrected chi connectivity index (χ3v) is 3.67. The second kappa shape index (κ2) is 11.2. The maximum Gasteiger partial charge on any atom is 0.407 e. The molecule has 27 heavy (non-hydrogen) atoms. The molecular weight excluding hydrogens is 348 g/mol. The Balaban J connectivity index is 0.00000114. The normalized spacial score (nSPS) is 19.9. The fraction of sp³-hybridized carbons (Fsp3) is 0.556. The van der Waals surface area contributed by atoms with Crippen molar-refractivity contribution in [1.82, 2.24) is 26.4 Å². The van der Waals surface area contributed by atoms with Gasteiger partial charge in [0, 0.05) is 26.4 Å². The van der Waals surface area contributed by atoms with Gasteiger partial charge in [0.15, 0.2) is 5.79 Å². The number of guanidine groups is 1. The van der Waals surface area contributed by atoms with Gasteiger partial charge in [-0.15, -0.1) is 0 Å². The molecule has 0 aliphatic carbocycles. The first-order valence-electron chi connectivity index (χ1n) is 8.99. The molecule has 9 nitrogen and oxygen atoms in total. The van der Waals surface area contributed by atoms with Gasteiger partial charge >= 0.3 is 6.09 Å². The summed E-state index contributed by atoms with van der Waals surface area (Å²) in [5, 5.41) is 18.9. The van der Waals surface area contributed by atoms with Crippen LogP contribution in [-0.4, -0.2) is 62.2 Å². The highest BCUT2D eigenvalue weighted by Crippen LogP contribution is 2.13. The molecule has 5 N–H and O–H groups in total. The molecule has 2 rings (SSSR count). The van der Waals surface area contributed by atoms with Gasteiger partial charge in [0.1, 0.15) is 5.75 Å². The van der Waals surface area contributed by atoms with Gasteiger partial charge in [0.05, 0.1) is 6.61 Å². The van der Waals surface area contributed by atoms with Crippen molar-refractivity contribution >= 4 is 12.1 Å². The van der Waals surface area contributed by atoms with Crippen LogP contribution < -0.4 is 26.1 Å². The Labute approximate surface area is 161 Å². The number of carboxylic acid groups (broad SMARTS) is 1. The number of hydrogen-bond donors (Lipinski definition) is 5. The van der Waals surface area contributed by atoms with Crippen LogP contribution in [0.5, 0.6) is 5.75 Å². The van der Waals surface area contributed by atoms with Crippen LogP contribution in [0.2, 0.25) is 0 Å². The number of benzene rings is 1. The summed E-state index contributed by atoms with van der Waals surface area (Å²) < 4.78 is 5.68. The van der Waals surface area contributed by atoms with Gasteiger partial charge in [-0.3, -0.25) is 15.3 Å². The number of nitrogens with zero attached hydrogens (tertiary/aromatic N) is 2. The van der Waals surface area contributed by atoms with Crippen LogP contribution in [-0.2, 0) is 0 Å². The lowest BCUT2D eigenvalue weighted by molar-refractivity contribution is 0.147. The molecule has 0 saturated carbocycles. The number of amides is 1. The summed E-state index contributed by atoms with van der Waals surface area (Å²) in [6.07, 6.45) is 0.190. The zero-order valence-corrected chi connectivity index (χ0v) is 16.8. The minimum atomic E-state index is -1.10. The largest absolute Gasteiger partial charge is 0.494 e. The fourth-order valence-corrected chi connectivity index (χ4v) is 2.43. The molecule has 0 radical (unpaired) electrons. The number of rotatable bonds is 7. The Morgan fingerprint density at radius 1 is 1.41 bits per heavy atom. The molecule has 152 valence electrons. The van der Waals surface area contributed by atoms with Gasteiger partial charge in [-0.2, -0.15) is 5.43 Å². The van der Waals surface area contributed by atoms with E-state index in [1.54, 1.807) is 12.1 Å². The summed E-state index contributed by atoms with van der Waals surface area (Å²) in [7, 11) is 5.54. The van der Waals surface area contributed by atoms with E-state index < -0.39 is 11.9 Å². The van der Waals surface area contributed by atoms with Gasteiger partial charge in [-0.25, -0.2) is 4.79 Å². The van der Waals surface area contributed by atoms with Gasteiger partial charge in [-0.1, -0.05) is 19.1 Å². The van der Waals surface area contributed by atoms with E-state index in [2.05, 4.69) is 26.4 Å². The summed E-state index contributed by atoms with van der Waals surface area (Å²) in [6.45, 7) is 5.05. The Morgan fingerprint density at radius 3 is 2.70 bits per heavy atom. The van der Waals surface area contributed by atoms with Gasteiger partial charge in [0.25, 0.3) is 0 Å². The quantitative estimate of drug-likeness (QED) is 0.454. The molecule has 1 fully saturated rings. The lowest BCUT2D eigenvalue weighted by Crippen LogP contribution is -2.62. The van der Waals surface area contributed by atoms with Gasteiger partial charge < -0.3 is 20.5 Å². The molecule has 0 bridgehead atoms. The summed E-state index contributed by atoms with van der Waals surface area (Å²) in [5.74, 6) is 0.537. The van der Waals surface area contributed by atoms with Crippen LogP contribution in [0.25, 0.3) is 0 Å². The lowest BCUT2D eigenvalue weighted by atomic mass is 10.2. The van der Waals surface area contributed by atoms with Crippen LogP contribution in [0.1, 0.15) is 25.3 Å². The second-order valence-electron chi connectivity index (χ2n) is 6.21. The summed E-state index contributed by atoms with van der Waals surface area (Å²) in [6, 6.07) is 7.92. The predicted molar refractivity (Wildman–Crippen MR) is 107 cm³/mol. The number of nitrogens with one attached hydrogen (secondary N) is 4. The van der Waals surface area contributed by atoms with Crippen LogP contribution in [0, 0.1) is 6.92 Å². The SMILES string of the molecule is CCC1(NC(=O)O)NC(=NCCCOc2cccc(C)c2)N(C)N1.CNC. The summed E-state index contributed by atoms with van der Waals surface area (Å²) in [5.41, 5.74) is 4.20. The number of carbonyl (C=O) groups is 1. The van der Waals surface area contributed by atoms with Crippen molar-refractivity contribution in [1.29, 1.82) is 0 Å². The van der Waals surface area contributed by atoms with Crippen molar-refractivity contribution in [2.75, 3.05) is 34.3 Å². The number of hydrazine groups is 1. The number of hydrogen-bond acceptors (Lipinski definition) is 5. The number of ether oxygens (including phenoxy) is 1. The maximum absolute atomic E-state index is 10.9. The Kier molecular flexibility index (Phi) is 9.38. The molecule has 1 aromatic rings. The van der Waals surface area contributed by atoms with Crippen molar-refractivity contribution in [3.63, 3.8) is 0 Å². The van der Waals surface area contributed by atoms with E-state index in [0.29, 0.717) is 25.5 Å². The Morgan fingerprint density at radius 2 is 2.11 bits per heavy atom. The summed E-state index contributed by atoms with van der Waals surface area (Å²) >= 11 is 0. The van der Waals surface area contributed by atoms with Crippen LogP contribution in [0.4, 0.5) is 4.79 Å². The number of aliphatic imine (C=N–C) groups is 1. The monoisotopic (exact) mass is 380 g/mol. The third-order valence-electron chi connectivity index (χ3n) is 3.67. The van der Waals surface area contributed by atoms with Crippen LogP contribution in [0.3, 0.4) is 0 Å². The number of aryl methyl sites for hydroxylation is 1. The zero-order valence-electron chi connectivity index (χ0n) is 16.8. The highest BCUT2D eigenvalue weighted by molar-refractivity contribution is 5.82. The molecule has 1 amide bonds. The first-order valence-corrected chi connectivity index (χ1v) is 8.99. The van der Waals surface area contributed by atoms with Crippen molar-refractivity contribution in [2.24, 2.45) is 4.99 Å². The van der Waals surface area contributed by atoms with E-state index in [1.807, 2.05) is 52.2 Å². The van der Waals surface area contributed by atoms with E-state index in [1.165, 1.54) is 0 Å². The fourth-order valence-electron chi connectivity index (χ4n) is 2.43. The van der Waals surface area contributed by atoms with Gasteiger partial charge in [-0.05, 0) is 38.7 Å². The van der Waals surface area contributed by atoms with Crippen molar-refractivity contribution in [2.45, 2.75) is 32.5 Å². The van der Waals surface area contributed by atoms with Crippen molar-refractivity contribution in [3.8, 4) is 5.75 Å².